The second-order valence-corrected chi connectivity index (χ2v) is 3.94. The maximum absolute atomic E-state index is 5.45. The molecule has 0 bridgehead atoms. The van der Waals surface area contributed by atoms with Gasteiger partial charge in [-0.15, -0.1) is 0 Å². The summed E-state index contributed by atoms with van der Waals surface area (Å²) in [6, 6.07) is 0. The van der Waals surface area contributed by atoms with Crippen molar-refractivity contribution in [3.63, 3.8) is 0 Å². The first-order chi connectivity index (χ1) is 5.25. The Labute approximate surface area is 70.1 Å². The molecule has 0 spiro atoms. The largest absolute Gasteiger partial charge is 0.381 e. The number of hydrogen-bond acceptors (Lipinski definition) is 1. The summed E-state index contributed by atoms with van der Waals surface area (Å²) in [6.45, 7) is 8.92. The molecule has 0 amide bonds. The first-order valence-corrected chi connectivity index (χ1v) is 4.83. The Morgan fingerprint density at radius 1 is 1.45 bits per heavy atom. The normalized spacial score (nSPS) is 32.7. The quantitative estimate of drug-likeness (QED) is 0.597. The second-order valence-electron chi connectivity index (χ2n) is 3.94. The lowest BCUT2D eigenvalue weighted by molar-refractivity contribution is -0.000306. The van der Waals surface area contributed by atoms with Gasteiger partial charge in [-0.1, -0.05) is 27.2 Å². The van der Waals surface area contributed by atoms with Crippen molar-refractivity contribution < 1.29 is 4.74 Å². The fourth-order valence-electron chi connectivity index (χ4n) is 2.11. The summed E-state index contributed by atoms with van der Waals surface area (Å²) in [4.78, 5) is 0. The molecule has 1 heteroatoms. The van der Waals surface area contributed by atoms with Crippen molar-refractivity contribution in [3.8, 4) is 0 Å². The van der Waals surface area contributed by atoms with E-state index in [1.165, 1.54) is 12.8 Å². The molecule has 0 N–H and O–H groups in total. The fourth-order valence-corrected chi connectivity index (χ4v) is 2.11. The van der Waals surface area contributed by atoms with Gasteiger partial charge in [0.1, 0.15) is 0 Å². The summed E-state index contributed by atoms with van der Waals surface area (Å²) in [6.07, 6.45) is 2.55. The standard InChI is InChI=1S/C10H20O/c1-4-9-7-11-6-5-10(9)8(2)3/h8-10H,4-7H2,1-3H3/t9-,10+/m1/s1. The Balaban J connectivity index is 2.44. The van der Waals surface area contributed by atoms with E-state index in [1.54, 1.807) is 0 Å². The summed E-state index contributed by atoms with van der Waals surface area (Å²) in [5.74, 6) is 2.57. The van der Waals surface area contributed by atoms with Gasteiger partial charge in [0.2, 0.25) is 0 Å². The predicted octanol–water partition coefficient (Wildman–Crippen LogP) is 2.71. The molecule has 1 rings (SSSR count). The Bertz CT molecular complexity index is 109. The van der Waals surface area contributed by atoms with Gasteiger partial charge in [-0.25, -0.2) is 0 Å². The minimum Gasteiger partial charge on any atom is -0.381 e. The third-order valence-corrected chi connectivity index (χ3v) is 2.91. The minimum absolute atomic E-state index is 0.823. The predicted molar refractivity (Wildman–Crippen MR) is 47.5 cm³/mol. The van der Waals surface area contributed by atoms with Crippen molar-refractivity contribution in [3.05, 3.63) is 0 Å². The van der Waals surface area contributed by atoms with Crippen LogP contribution in [-0.2, 0) is 4.74 Å². The van der Waals surface area contributed by atoms with Gasteiger partial charge in [-0.3, -0.25) is 0 Å². The zero-order valence-electron chi connectivity index (χ0n) is 7.97. The summed E-state index contributed by atoms with van der Waals surface area (Å²) in [5.41, 5.74) is 0. The van der Waals surface area contributed by atoms with Gasteiger partial charge in [0.05, 0.1) is 0 Å². The highest BCUT2D eigenvalue weighted by Gasteiger charge is 2.26. The Hall–Kier alpha value is -0.0400. The van der Waals surface area contributed by atoms with Gasteiger partial charge in [-0.05, 0) is 24.2 Å². The van der Waals surface area contributed by atoms with E-state index in [0.717, 1.165) is 31.0 Å². The second kappa shape index (κ2) is 4.10. The molecule has 0 aromatic rings. The van der Waals surface area contributed by atoms with Crippen LogP contribution in [0.25, 0.3) is 0 Å². The molecular weight excluding hydrogens is 136 g/mol. The van der Waals surface area contributed by atoms with Crippen LogP contribution < -0.4 is 0 Å². The monoisotopic (exact) mass is 156 g/mol. The van der Waals surface area contributed by atoms with E-state index in [2.05, 4.69) is 20.8 Å². The van der Waals surface area contributed by atoms with Crippen molar-refractivity contribution in [2.45, 2.75) is 33.6 Å². The van der Waals surface area contributed by atoms with Gasteiger partial charge in [0.25, 0.3) is 0 Å². The zero-order chi connectivity index (χ0) is 8.27. The summed E-state index contributed by atoms with van der Waals surface area (Å²) in [5, 5.41) is 0. The molecule has 0 saturated carbocycles. The molecule has 0 radical (unpaired) electrons. The van der Waals surface area contributed by atoms with Gasteiger partial charge in [0, 0.05) is 13.2 Å². The van der Waals surface area contributed by atoms with E-state index in [-0.39, 0.29) is 0 Å². The molecule has 1 aliphatic rings. The van der Waals surface area contributed by atoms with E-state index < -0.39 is 0 Å². The molecule has 11 heavy (non-hydrogen) atoms. The Kier molecular flexibility index (Phi) is 3.38. The van der Waals surface area contributed by atoms with E-state index in [9.17, 15) is 0 Å². The molecule has 66 valence electrons. The number of ether oxygens (including phenoxy) is 1. The molecule has 2 atom stereocenters. The van der Waals surface area contributed by atoms with Gasteiger partial charge < -0.3 is 4.74 Å². The van der Waals surface area contributed by atoms with Crippen molar-refractivity contribution in [1.29, 1.82) is 0 Å². The smallest absolute Gasteiger partial charge is 0.0496 e. The molecule has 1 heterocycles. The lowest BCUT2D eigenvalue weighted by atomic mass is 9.79. The summed E-state index contributed by atoms with van der Waals surface area (Å²) >= 11 is 0. The minimum atomic E-state index is 0.823. The van der Waals surface area contributed by atoms with E-state index in [1.807, 2.05) is 0 Å². The highest BCUT2D eigenvalue weighted by Crippen LogP contribution is 2.30. The molecule has 0 aromatic heterocycles. The van der Waals surface area contributed by atoms with Crippen LogP contribution in [0.1, 0.15) is 33.6 Å². The van der Waals surface area contributed by atoms with Crippen LogP contribution >= 0.6 is 0 Å². The molecule has 1 aliphatic heterocycles. The average Bonchev–Trinajstić information content (AvgIpc) is 2.04. The molecule has 0 aliphatic carbocycles. The maximum atomic E-state index is 5.45. The fraction of sp³-hybridized carbons (Fsp3) is 1.00. The van der Waals surface area contributed by atoms with Crippen LogP contribution in [0.2, 0.25) is 0 Å². The maximum Gasteiger partial charge on any atom is 0.0496 e. The topological polar surface area (TPSA) is 9.23 Å². The Morgan fingerprint density at radius 3 is 2.64 bits per heavy atom. The molecule has 0 aromatic carbocycles. The average molecular weight is 156 g/mol. The first-order valence-electron chi connectivity index (χ1n) is 4.83. The van der Waals surface area contributed by atoms with Crippen LogP contribution in [0.15, 0.2) is 0 Å². The molecule has 0 unspecified atom stereocenters. The molecule has 1 fully saturated rings. The highest BCUT2D eigenvalue weighted by molar-refractivity contribution is 4.74. The SMILES string of the molecule is CC[C@@H]1COCC[C@H]1C(C)C. The third-order valence-electron chi connectivity index (χ3n) is 2.91. The van der Waals surface area contributed by atoms with Crippen molar-refractivity contribution in [2.24, 2.45) is 17.8 Å². The van der Waals surface area contributed by atoms with E-state index in [4.69, 9.17) is 4.74 Å². The lowest BCUT2D eigenvalue weighted by Crippen LogP contribution is -2.30. The van der Waals surface area contributed by atoms with Crippen molar-refractivity contribution >= 4 is 0 Å². The van der Waals surface area contributed by atoms with Crippen LogP contribution in [0.3, 0.4) is 0 Å². The molecule has 1 nitrogen and oxygen atoms in total. The van der Waals surface area contributed by atoms with E-state index >= 15 is 0 Å². The van der Waals surface area contributed by atoms with Crippen LogP contribution in [0.4, 0.5) is 0 Å². The van der Waals surface area contributed by atoms with E-state index in [0.29, 0.717) is 0 Å². The molecular formula is C10H20O. The Morgan fingerprint density at radius 2 is 2.18 bits per heavy atom. The molecule has 1 saturated heterocycles. The summed E-state index contributed by atoms with van der Waals surface area (Å²) < 4.78 is 5.45. The van der Waals surface area contributed by atoms with Crippen LogP contribution in [-0.4, -0.2) is 13.2 Å². The van der Waals surface area contributed by atoms with Crippen LogP contribution in [0, 0.1) is 17.8 Å². The van der Waals surface area contributed by atoms with Gasteiger partial charge in [-0.2, -0.15) is 0 Å². The third kappa shape index (κ3) is 2.19. The van der Waals surface area contributed by atoms with Gasteiger partial charge >= 0.3 is 0 Å². The van der Waals surface area contributed by atoms with Gasteiger partial charge in [0.15, 0.2) is 0 Å². The highest BCUT2D eigenvalue weighted by atomic mass is 16.5. The van der Waals surface area contributed by atoms with Crippen molar-refractivity contribution in [1.82, 2.24) is 0 Å². The summed E-state index contributed by atoms with van der Waals surface area (Å²) in [7, 11) is 0. The van der Waals surface area contributed by atoms with Crippen molar-refractivity contribution in [2.75, 3.05) is 13.2 Å². The lowest BCUT2D eigenvalue weighted by Gasteiger charge is -2.33. The number of rotatable bonds is 2. The zero-order valence-corrected chi connectivity index (χ0v) is 7.97. The van der Waals surface area contributed by atoms with Crippen LogP contribution in [0.5, 0.6) is 0 Å². The first kappa shape index (κ1) is 9.05. The number of hydrogen-bond donors (Lipinski definition) is 0.